The molecule has 4 aliphatic carbocycles. The van der Waals surface area contributed by atoms with Crippen LogP contribution in [0.3, 0.4) is 0 Å². The molecule has 0 spiro atoms. The molecule has 0 aromatic rings. The Labute approximate surface area is 327 Å². The first-order valence-corrected chi connectivity index (χ1v) is 24.0. The molecule has 53 heavy (non-hydrogen) atoms. The van der Waals surface area contributed by atoms with Gasteiger partial charge in [0.25, 0.3) is 5.91 Å². The van der Waals surface area contributed by atoms with Gasteiger partial charge in [0.2, 0.25) is 0 Å². The molecule has 304 valence electrons. The summed E-state index contributed by atoms with van der Waals surface area (Å²) >= 11 is 0. The summed E-state index contributed by atoms with van der Waals surface area (Å²) < 4.78 is 0. The van der Waals surface area contributed by atoms with E-state index in [9.17, 15) is 9.59 Å². The zero-order valence-electron chi connectivity index (χ0n) is 34.8. The van der Waals surface area contributed by atoms with Gasteiger partial charge in [0.15, 0.2) is 0 Å². The predicted molar refractivity (Wildman–Crippen MR) is 223 cm³/mol. The van der Waals surface area contributed by atoms with Crippen LogP contribution in [-0.4, -0.2) is 75.1 Å². The van der Waals surface area contributed by atoms with Gasteiger partial charge in [0.1, 0.15) is 6.04 Å². The Kier molecular flexibility index (Phi) is 20.1. The van der Waals surface area contributed by atoms with Crippen molar-refractivity contribution in [2.75, 3.05) is 13.3 Å². The van der Waals surface area contributed by atoms with Crippen LogP contribution in [0, 0.1) is 0 Å². The van der Waals surface area contributed by atoms with Crippen molar-refractivity contribution in [2.24, 2.45) is 0 Å². The number of allylic oxidation sites excluding steroid dienone is 2. The van der Waals surface area contributed by atoms with E-state index >= 15 is 0 Å². The number of hydrogen-bond acceptors (Lipinski definition) is 4. The van der Waals surface area contributed by atoms with Gasteiger partial charge in [0.05, 0.1) is 13.3 Å². The van der Waals surface area contributed by atoms with Gasteiger partial charge in [-0.3, -0.25) is 19.5 Å². The van der Waals surface area contributed by atoms with Crippen LogP contribution in [0.4, 0.5) is 4.79 Å². The minimum atomic E-state index is -0.284. The van der Waals surface area contributed by atoms with Crippen molar-refractivity contribution in [3.8, 4) is 0 Å². The number of unbranched alkanes of at least 4 members (excludes halogenated alkanes) is 12. The van der Waals surface area contributed by atoms with Crippen molar-refractivity contribution >= 4 is 11.9 Å². The number of carbonyl (C=O) groups excluding carboxylic acids is 2. The topological polar surface area (TPSA) is 47.1 Å². The van der Waals surface area contributed by atoms with Gasteiger partial charge in [0, 0.05) is 24.2 Å². The van der Waals surface area contributed by atoms with Crippen LogP contribution in [0.15, 0.2) is 12.2 Å². The van der Waals surface area contributed by atoms with E-state index < -0.39 is 0 Å². The molecule has 6 heteroatoms. The van der Waals surface area contributed by atoms with Gasteiger partial charge in [-0.2, -0.15) is 0 Å². The average molecular weight is 737 g/mol. The summed E-state index contributed by atoms with van der Waals surface area (Å²) in [6.07, 6.45) is 49.5. The summed E-state index contributed by atoms with van der Waals surface area (Å²) in [5.41, 5.74) is 0. The SMILES string of the molecule is CCCCCCCCC=CCCCCCCCCC1C(=O)N(CN(C2CCCCC2)C2CCCCC2)C(=O)N1CN(C1CCCCC1)C1CCCCC1. The molecule has 4 saturated carbocycles. The van der Waals surface area contributed by atoms with Crippen molar-refractivity contribution < 1.29 is 9.59 Å². The van der Waals surface area contributed by atoms with E-state index in [4.69, 9.17) is 0 Å². The lowest BCUT2D eigenvalue weighted by Crippen LogP contribution is -2.54. The Balaban J connectivity index is 1.16. The zero-order valence-corrected chi connectivity index (χ0v) is 34.8. The number of hydrogen-bond donors (Lipinski definition) is 0. The molecule has 0 aromatic carbocycles. The minimum Gasteiger partial charge on any atom is -0.299 e. The molecule has 1 heterocycles. The van der Waals surface area contributed by atoms with E-state index in [-0.39, 0.29) is 18.0 Å². The Morgan fingerprint density at radius 2 is 0.868 bits per heavy atom. The monoisotopic (exact) mass is 737 g/mol. The summed E-state index contributed by atoms with van der Waals surface area (Å²) in [6.45, 7) is 3.48. The van der Waals surface area contributed by atoms with E-state index in [0.29, 0.717) is 37.5 Å². The average Bonchev–Trinajstić information content (AvgIpc) is 3.43. The fourth-order valence-electron chi connectivity index (χ4n) is 10.9. The van der Waals surface area contributed by atoms with Crippen molar-refractivity contribution in [1.29, 1.82) is 0 Å². The second-order valence-electron chi connectivity index (χ2n) is 18.2. The summed E-state index contributed by atoms with van der Waals surface area (Å²) in [5, 5.41) is 0. The van der Waals surface area contributed by atoms with Gasteiger partial charge in [-0.15, -0.1) is 0 Å². The van der Waals surface area contributed by atoms with Crippen molar-refractivity contribution in [1.82, 2.24) is 19.6 Å². The first kappa shape index (κ1) is 42.7. The number of rotatable bonds is 24. The van der Waals surface area contributed by atoms with E-state index in [2.05, 4.69) is 33.8 Å². The molecule has 0 radical (unpaired) electrons. The lowest BCUT2D eigenvalue weighted by Gasteiger charge is -2.44. The highest BCUT2D eigenvalue weighted by atomic mass is 16.2. The Morgan fingerprint density at radius 3 is 1.30 bits per heavy atom. The van der Waals surface area contributed by atoms with Crippen LogP contribution in [0.25, 0.3) is 0 Å². The maximum atomic E-state index is 14.7. The van der Waals surface area contributed by atoms with Crippen molar-refractivity contribution in [3.63, 3.8) is 0 Å². The van der Waals surface area contributed by atoms with Crippen molar-refractivity contribution in [3.05, 3.63) is 12.2 Å². The highest BCUT2D eigenvalue weighted by Gasteiger charge is 2.48. The van der Waals surface area contributed by atoms with E-state index in [1.165, 1.54) is 212 Å². The third-order valence-corrected chi connectivity index (χ3v) is 14.2. The van der Waals surface area contributed by atoms with E-state index in [0.717, 1.165) is 12.8 Å². The maximum Gasteiger partial charge on any atom is 0.329 e. The molecule has 5 rings (SSSR count). The normalized spacial score (nSPS) is 23.5. The standard InChI is InChI=1S/C47H84N4O2/c1-2-3-4-5-6-7-8-9-10-11-12-13-14-15-16-29-38-45-46(52)51(40-49(43-34-25-19-26-35-43)44-36-27-20-28-37-44)47(53)50(45)39-48(41-30-21-17-22-31-41)42-32-23-18-24-33-42/h9-10,41-45H,2-8,11-40H2,1H3. The van der Waals surface area contributed by atoms with Crippen molar-refractivity contribution in [2.45, 2.75) is 262 Å². The molecule has 1 atom stereocenters. The van der Waals surface area contributed by atoms with Gasteiger partial charge in [-0.1, -0.05) is 160 Å². The Bertz CT molecular complexity index is 988. The third-order valence-electron chi connectivity index (χ3n) is 14.2. The molecule has 5 aliphatic rings. The van der Waals surface area contributed by atoms with Gasteiger partial charge < -0.3 is 0 Å². The summed E-state index contributed by atoms with van der Waals surface area (Å²) in [4.78, 5) is 38.5. The van der Waals surface area contributed by atoms with Crippen LogP contribution < -0.4 is 0 Å². The van der Waals surface area contributed by atoms with Crippen LogP contribution in [0.2, 0.25) is 0 Å². The summed E-state index contributed by atoms with van der Waals surface area (Å²) in [7, 11) is 0. The summed E-state index contributed by atoms with van der Waals surface area (Å²) in [5.74, 6) is 0.117. The molecule has 0 bridgehead atoms. The third kappa shape index (κ3) is 13.9. The minimum absolute atomic E-state index is 0.0257. The predicted octanol–water partition coefficient (Wildman–Crippen LogP) is 12.9. The number of imide groups is 1. The Morgan fingerprint density at radius 1 is 0.491 bits per heavy atom. The number of urea groups is 1. The molecule has 3 amide bonds. The number of nitrogens with zero attached hydrogens (tertiary/aromatic N) is 4. The van der Waals surface area contributed by atoms with E-state index in [1.807, 2.05) is 0 Å². The van der Waals surface area contributed by atoms with Gasteiger partial charge >= 0.3 is 6.03 Å². The summed E-state index contributed by atoms with van der Waals surface area (Å²) in [6, 6.07) is 1.92. The second kappa shape index (κ2) is 25.0. The van der Waals surface area contributed by atoms with Crippen LogP contribution in [-0.2, 0) is 4.79 Å². The fourth-order valence-corrected chi connectivity index (χ4v) is 10.9. The van der Waals surface area contributed by atoms with E-state index in [1.54, 1.807) is 4.90 Å². The highest BCUT2D eigenvalue weighted by Crippen LogP contribution is 2.35. The number of amides is 3. The first-order chi connectivity index (χ1) is 26.2. The number of carbonyl (C=O) groups is 2. The highest BCUT2D eigenvalue weighted by molar-refractivity contribution is 6.04. The molecule has 1 aliphatic heterocycles. The zero-order chi connectivity index (χ0) is 36.9. The van der Waals surface area contributed by atoms with Gasteiger partial charge in [-0.25, -0.2) is 9.69 Å². The maximum absolute atomic E-state index is 14.7. The van der Waals surface area contributed by atoms with Crippen LogP contribution >= 0.6 is 0 Å². The molecule has 6 nitrogen and oxygen atoms in total. The first-order valence-electron chi connectivity index (χ1n) is 24.0. The molecular formula is C47H84N4O2. The molecule has 5 fully saturated rings. The van der Waals surface area contributed by atoms with Gasteiger partial charge in [-0.05, 0) is 83.5 Å². The molecule has 0 N–H and O–H groups in total. The Hall–Kier alpha value is -1.40. The molecule has 1 saturated heterocycles. The lowest BCUT2D eigenvalue weighted by molar-refractivity contribution is -0.131. The molecule has 0 aromatic heterocycles. The van der Waals surface area contributed by atoms with Crippen LogP contribution in [0.1, 0.15) is 232 Å². The quantitative estimate of drug-likeness (QED) is 0.0562. The second-order valence-corrected chi connectivity index (χ2v) is 18.2. The smallest absolute Gasteiger partial charge is 0.299 e. The molecular weight excluding hydrogens is 653 g/mol. The molecule has 1 unspecified atom stereocenters. The van der Waals surface area contributed by atoms with Crippen LogP contribution in [0.5, 0.6) is 0 Å². The largest absolute Gasteiger partial charge is 0.329 e. The lowest BCUT2D eigenvalue weighted by atomic mass is 9.89. The fraction of sp³-hybridized carbons (Fsp3) is 0.915.